The average molecular weight is 399 g/mol. The van der Waals surface area contributed by atoms with Crippen LogP contribution in [-0.4, -0.2) is 42.3 Å². The fraction of sp³-hybridized carbons (Fsp3) is 1.00. The normalized spacial score (nSPS) is 17.5. The second-order valence-electron chi connectivity index (χ2n) is 8.92. The van der Waals surface area contributed by atoms with Gasteiger partial charge < -0.3 is 16.5 Å². The van der Waals surface area contributed by atoms with Gasteiger partial charge in [0, 0.05) is 0 Å². The average Bonchev–Trinajstić information content (AvgIpc) is 2.05. The monoisotopic (exact) mass is 398 g/mol. The summed E-state index contributed by atoms with van der Waals surface area (Å²) in [4.78, 5) is 0. The Labute approximate surface area is 143 Å². The molecule has 0 amide bonds. The summed E-state index contributed by atoms with van der Waals surface area (Å²) in [6, 6.07) is 0.952. The van der Waals surface area contributed by atoms with Crippen LogP contribution in [0.15, 0.2) is 0 Å². The Morgan fingerprint density at radius 2 is 0.864 bits per heavy atom. The zero-order valence-corrected chi connectivity index (χ0v) is 21.8. The third-order valence-corrected chi connectivity index (χ3v) is 20.2. The van der Waals surface area contributed by atoms with E-state index in [0.717, 1.165) is 6.04 Å². The molecular formula is C13H38O4Si5. The first-order chi connectivity index (χ1) is 9.39. The van der Waals surface area contributed by atoms with Crippen molar-refractivity contribution in [2.75, 3.05) is 0 Å². The van der Waals surface area contributed by atoms with Crippen LogP contribution in [0.4, 0.5) is 0 Å². The first-order valence-electron chi connectivity index (χ1n) is 8.19. The molecule has 134 valence electrons. The van der Waals surface area contributed by atoms with E-state index < -0.39 is 42.3 Å². The molecule has 0 aliphatic carbocycles. The molecule has 0 saturated heterocycles. The third-order valence-electron chi connectivity index (χ3n) is 2.67. The molecule has 0 aliphatic rings. The highest BCUT2D eigenvalue weighted by molar-refractivity contribution is 6.90. The lowest BCUT2D eigenvalue weighted by Crippen LogP contribution is -2.58. The Balaban J connectivity index is 5.00. The van der Waals surface area contributed by atoms with Gasteiger partial charge in [-0.25, -0.2) is 0 Å². The molecule has 0 spiro atoms. The molecular weight excluding hydrogens is 361 g/mol. The Bertz CT molecular complexity index is 362. The van der Waals surface area contributed by atoms with Crippen LogP contribution in [0.1, 0.15) is 6.92 Å². The summed E-state index contributed by atoms with van der Waals surface area (Å²) in [7, 11) is -9.85. The van der Waals surface area contributed by atoms with Crippen LogP contribution in [0.25, 0.3) is 0 Å². The molecule has 1 atom stereocenters. The zero-order chi connectivity index (χ0) is 18.0. The van der Waals surface area contributed by atoms with Gasteiger partial charge in [0.05, 0.1) is 0 Å². The highest BCUT2D eigenvalue weighted by Gasteiger charge is 2.45. The molecule has 0 heterocycles. The number of hydrogen-bond acceptors (Lipinski definition) is 4. The van der Waals surface area contributed by atoms with Gasteiger partial charge in [0.15, 0.2) is 16.6 Å². The van der Waals surface area contributed by atoms with Crippen molar-refractivity contribution in [2.24, 2.45) is 0 Å². The molecule has 0 rings (SSSR count). The molecule has 1 unspecified atom stereocenters. The Morgan fingerprint density at radius 3 is 1.18 bits per heavy atom. The topological polar surface area (TPSA) is 36.9 Å². The van der Waals surface area contributed by atoms with E-state index in [-0.39, 0.29) is 0 Å². The van der Waals surface area contributed by atoms with E-state index in [0.29, 0.717) is 0 Å². The summed E-state index contributed by atoms with van der Waals surface area (Å²) in [6.45, 7) is 26.2. The van der Waals surface area contributed by atoms with Crippen molar-refractivity contribution in [3.8, 4) is 0 Å². The maximum absolute atomic E-state index is 6.54. The molecule has 0 N–H and O–H groups in total. The van der Waals surface area contributed by atoms with Crippen LogP contribution in [0.2, 0.25) is 78.1 Å². The molecule has 0 bridgehead atoms. The lowest BCUT2D eigenvalue weighted by atomic mass is 11.0. The molecule has 0 aromatic carbocycles. The van der Waals surface area contributed by atoms with Gasteiger partial charge >= 0.3 is 25.7 Å². The first-order valence-corrected chi connectivity index (χ1v) is 23.2. The fourth-order valence-electron chi connectivity index (χ4n) is 2.70. The Morgan fingerprint density at radius 1 is 0.500 bits per heavy atom. The van der Waals surface area contributed by atoms with Crippen LogP contribution in [0.5, 0.6) is 0 Å². The van der Waals surface area contributed by atoms with E-state index >= 15 is 0 Å². The minimum absolute atomic E-state index is 0.952. The summed E-state index contributed by atoms with van der Waals surface area (Å²) < 4.78 is 25.7. The van der Waals surface area contributed by atoms with Crippen molar-refractivity contribution in [3.05, 3.63) is 0 Å². The number of rotatable bonds is 9. The van der Waals surface area contributed by atoms with Crippen LogP contribution in [-0.2, 0) is 16.5 Å². The van der Waals surface area contributed by atoms with E-state index in [4.69, 9.17) is 16.5 Å². The molecule has 0 radical (unpaired) electrons. The highest BCUT2D eigenvalue weighted by atomic mass is 28.5. The number of hydrogen-bond donors (Lipinski definition) is 0. The van der Waals surface area contributed by atoms with Gasteiger partial charge in [0.2, 0.25) is 0 Å². The molecule has 9 heteroatoms. The molecule has 4 nitrogen and oxygen atoms in total. The minimum atomic E-state index is -2.28. The van der Waals surface area contributed by atoms with Crippen molar-refractivity contribution in [3.63, 3.8) is 0 Å². The lowest BCUT2D eigenvalue weighted by molar-refractivity contribution is 0.296. The van der Waals surface area contributed by atoms with E-state index in [1.807, 2.05) is 0 Å². The van der Waals surface area contributed by atoms with Gasteiger partial charge in [-0.2, -0.15) is 0 Å². The lowest BCUT2D eigenvalue weighted by Gasteiger charge is -2.42. The molecule has 0 aliphatic heterocycles. The minimum Gasteiger partial charge on any atom is -0.437 e. The molecule has 0 aromatic heterocycles. The third kappa shape index (κ3) is 10.7. The summed E-state index contributed by atoms with van der Waals surface area (Å²) in [5.74, 6) is 0. The fourth-order valence-corrected chi connectivity index (χ4v) is 25.5. The van der Waals surface area contributed by atoms with Crippen molar-refractivity contribution in [2.45, 2.75) is 85.0 Å². The molecule has 0 saturated carbocycles. The first kappa shape index (κ1) is 22.9. The van der Waals surface area contributed by atoms with Crippen molar-refractivity contribution >= 4 is 42.3 Å². The van der Waals surface area contributed by atoms with Crippen LogP contribution in [0, 0.1) is 0 Å². The highest BCUT2D eigenvalue weighted by Crippen LogP contribution is 2.27. The van der Waals surface area contributed by atoms with Crippen molar-refractivity contribution in [1.82, 2.24) is 0 Å². The van der Waals surface area contributed by atoms with Gasteiger partial charge in [-0.05, 0) is 78.1 Å². The Kier molecular flexibility index (Phi) is 7.75. The summed E-state index contributed by atoms with van der Waals surface area (Å²) in [6.07, 6.45) is 0. The quantitative estimate of drug-likeness (QED) is 0.499. The van der Waals surface area contributed by atoms with E-state index in [1.54, 1.807) is 0 Å². The van der Waals surface area contributed by atoms with E-state index in [9.17, 15) is 0 Å². The van der Waals surface area contributed by atoms with Crippen LogP contribution >= 0.6 is 0 Å². The van der Waals surface area contributed by atoms with E-state index in [2.05, 4.69) is 78.9 Å². The largest absolute Gasteiger partial charge is 0.437 e. The second-order valence-corrected chi connectivity index (χ2v) is 29.2. The Hall–Kier alpha value is 0.924. The predicted octanol–water partition coefficient (Wildman–Crippen LogP) is 5.22. The SMILES string of the molecule is CC[Si](C)(O[Si](C)(C)C)O[Si](C)(C)O[Si](C)(C)O[Si](C)(C)C. The smallest absolute Gasteiger partial charge is 0.315 e. The van der Waals surface area contributed by atoms with Crippen molar-refractivity contribution in [1.29, 1.82) is 0 Å². The maximum atomic E-state index is 6.54. The van der Waals surface area contributed by atoms with Gasteiger partial charge in [-0.3, -0.25) is 0 Å². The summed E-state index contributed by atoms with van der Waals surface area (Å²) in [5, 5.41) is 0. The van der Waals surface area contributed by atoms with Gasteiger partial charge in [-0.15, -0.1) is 0 Å². The standard InChI is InChI=1S/C13H38O4Si5/c1-13-22(12,15-19(5,6)7)17-21(10,11)16-20(8,9)14-18(2,3)4/h13H2,1-12H3. The molecule has 0 aromatic rings. The van der Waals surface area contributed by atoms with Gasteiger partial charge in [0.25, 0.3) is 0 Å². The van der Waals surface area contributed by atoms with E-state index in [1.165, 1.54) is 0 Å². The van der Waals surface area contributed by atoms with Crippen LogP contribution < -0.4 is 0 Å². The van der Waals surface area contributed by atoms with Crippen molar-refractivity contribution < 1.29 is 16.5 Å². The van der Waals surface area contributed by atoms with Crippen LogP contribution in [0.3, 0.4) is 0 Å². The van der Waals surface area contributed by atoms with Gasteiger partial charge in [-0.1, -0.05) is 6.92 Å². The summed E-state index contributed by atoms with van der Waals surface area (Å²) in [5.41, 5.74) is 0. The summed E-state index contributed by atoms with van der Waals surface area (Å²) >= 11 is 0. The molecule has 22 heavy (non-hydrogen) atoms. The predicted molar refractivity (Wildman–Crippen MR) is 108 cm³/mol. The molecule has 0 fully saturated rings. The maximum Gasteiger partial charge on any atom is 0.315 e. The zero-order valence-electron chi connectivity index (χ0n) is 16.8. The second kappa shape index (κ2) is 7.44. The van der Waals surface area contributed by atoms with Gasteiger partial charge in [0.1, 0.15) is 0 Å².